The molecule has 0 aliphatic carbocycles. The summed E-state index contributed by atoms with van der Waals surface area (Å²) in [6, 6.07) is 13.5. The molecule has 0 radical (unpaired) electrons. The molecule has 2 aromatic carbocycles. The van der Waals surface area contributed by atoms with Crippen molar-refractivity contribution in [2.45, 2.75) is 12.8 Å². The van der Waals surface area contributed by atoms with E-state index in [0.717, 1.165) is 30.1 Å². The van der Waals surface area contributed by atoms with Crippen molar-refractivity contribution in [3.05, 3.63) is 53.1 Å². The van der Waals surface area contributed by atoms with Gasteiger partial charge in [0.25, 0.3) is 0 Å². The lowest BCUT2D eigenvalue weighted by atomic mass is 10.1. The van der Waals surface area contributed by atoms with E-state index in [4.69, 9.17) is 21.1 Å². The summed E-state index contributed by atoms with van der Waals surface area (Å²) in [4.78, 5) is 14.6. The smallest absolute Gasteiger partial charge is 0.224 e. The third-order valence-electron chi connectivity index (χ3n) is 4.88. The van der Waals surface area contributed by atoms with Crippen LogP contribution in [0.4, 0.5) is 5.69 Å². The van der Waals surface area contributed by atoms with E-state index in [1.54, 1.807) is 14.2 Å². The van der Waals surface area contributed by atoms with Crippen LogP contribution in [0.3, 0.4) is 0 Å². The molecule has 2 aromatic rings. The average molecular weight is 389 g/mol. The standard InChI is InChI=1S/C21H25ClN2O3/c1-26-19-8-3-15(11-20(19)27-2)12-21(25)23-13-16-9-10-24(14-16)18-6-4-17(22)5-7-18/h3-8,11,16H,9-10,12-14H2,1-2H3,(H,23,25). The second-order valence-corrected chi connectivity index (χ2v) is 7.18. The van der Waals surface area contributed by atoms with Crippen LogP contribution in [-0.2, 0) is 11.2 Å². The number of hydrogen-bond donors (Lipinski definition) is 1. The van der Waals surface area contributed by atoms with Crippen molar-refractivity contribution < 1.29 is 14.3 Å². The number of benzene rings is 2. The first-order valence-corrected chi connectivity index (χ1v) is 9.45. The van der Waals surface area contributed by atoms with Crippen LogP contribution >= 0.6 is 11.6 Å². The largest absolute Gasteiger partial charge is 0.493 e. The Morgan fingerprint density at radius 1 is 1.15 bits per heavy atom. The molecule has 1 N–H and O–H groups in total. The molecule has 6 heteroatoms. The van der Waals surface area contributed by atoms with E-state index >= 15 is 0 Å². The Kier molecular flexibility index (Phi) is 6.45. The number of hydrogen-bond acceptors (Lipinski definition) is 4. The van der Waals surface area contributed by atoms with Crippen LogP contribution < -0.4 is 19.7 Å². The molecule has 0 bridgehead atoms. The maximum absolute atomic E-state index is 12.3. The highest BCUT2D eigenvalue weighted by molar-refractivity contribution is 6.30. The quantitative estimate of drug-likeness (QED) is 0.788. The van der Waals surface area contributed by atoms with E-state index in [2.05, 4.69) is 10.2 Å². The first-order chi connectivity index (χ1) is 13.1. The average Bonchev–Trinajstić information content (AvgIpc) is 3.16. The number of amides is 1. The van der Waals surface area contributed by atoms with Crippen molar-refractivity contribution in [3.8, 4) is 11.5 Å². The van der Waals surface area contributed by atoms with E-state index < -0.39 is 0 Å². The van der Waals surface area contributed by atoms with Crippen molar-refractivity contribution in [2.75, 3.05) is 38.8 Å². The Morgan fingerprint density at radius 2 is 1.89 bits per heavy atom. The fraction of sp³-hybridized carbons (Fsp3) is 0.381. The van der Waals surface area contributed by atoms with Gasteiger partial charge >= 0.3 is 0 Å². The van der Waals surface area contributed by atoms with Crippen molar-refractivity contribution in [1.82, 2.24) is 5.32 Å². The molecule has 144 valence electrons. The molecule has 3 rings (SSSR count). The molecule has 0 saturated carbocycles. The minimum absolute atomic E-state index is 0.0205. The minimum atomic E-state index is 0.0205. The lowest BCUT2D eigenvalue weighted by molar-refractivity contribution is -0.120. The highest BCUT2D eigenvalue weighted by Gasteiger charge is 2.23. The maximum Gasteiger partial charge on any atom is 0.224 e. The summed E-state index contributed by atoms with van der Waals surface area (Å²) in [7, 11) is 3.19. The Bertz CT molecular complexity index is 779. The number of ether oxygens (including phenoxy) is 2. The van der Waals surface area contributed by atoms with Gasteiger partial charge in [-0.1, -0.05) is 17.7 Å². The van der Waals surface area contributed by atoms with Gasteiger partial charge in [-0.25, -0.2) is 0 Å². The molecule has 1 saturated heterocycles. The molecule has 1 aliphatic heterocycles. The molecule has 1 unspecified atom stereocenters. The van der Waals surface area contributed by atoms with Crippen molar-refractivity contribution in [3.63, 3.8) is 0 Å². The second-order valence-electron chi connectivity index (χ2n) is 6.75. The van der Waals surface area contributed by atoms with Gasteiger partial charge in [0, 0.05) is 30.3 Å². The summed E-state index contributed by atoms with van der Waals surface area (Å²) in [6.45, 7) is 2.63. The van der Waals surface area contributed by atoms with Crippen LogP contribution in [0.1, 0.15) is 12.0 Å². The third-order valence-corrected chi connectivity index (χ3v) is 5.13. The zero-order valence-corrected chi connectivity index (χ0v) is 16.5. The van der Waals surface area contributed by atoms with Gasteiger partial charge in [-0.15, -0.1) is 0 Å². The molecule has 5 nitrogen and oxygen atoms in total. The number of nitrogens with zero attached hydrogens (tertiary/aromatic N) is 1. The lowest BCUT2D eigenvalue weighted by Crippen LogP contribution is -2.32. The summed E-state index contributed by atoms with van der Waals surface area (Å²) in [5, 5.41) is 3.81. The Morgan fingerprint density at radius 3 is 2.59 bits per heavy atom. The number of halogens is 1. The number of nitrogens with one attached hydrogen (secondary N) is 1. The SMILES string of the molecule is COc1ccc(CC(=O)NCC2CCN(c3ccc(Cl)cc3)C2)cc1OC. The summed E-state index contributed by atoms with van der Waals surface area (Å²) in [6.07, 6.45) is 1.40. The molecule has 1 heterocycles. The molecule has 27 heavy (non-hydrogen) atoms. The number of carbonyl (C=O) groups excluding carboxylic acids is 1. The van der Waals surface area contributed by atoms with Crippen molar-refractivity contribution in [2.24, 2.45) is 5.92 Å². The summed E-state index contributed by atoms with van der Waals surface area (Å²) in [5.41, 5.74) is 2.08. The Hall–Kier alpha value is -2.40. The van der Waals surface area contributed by atoms with Gasteiger partial charge in [-0.3, -0.25) is 4.79 Å². The molecule has 0 spiro atoms. The molecule has 1 aliphatic rings. The van der Waals surface area contributed by atoms with E-state index in [-0.39, 0.29) is 5.91 Å². The van der Waals surface area contributed by atoms with Gasteiger partial charge in [0.1, 0.15) is 0 Å². The fourth-order valence-corrected chi connectivity index (χ4v) is 3.51. The summed E-state index contributed by atoms with van der Waals surface area (Å²) >= 11 is 5.95. The van der Waals surface area contributed by atoms with Gasteiger partial charge in [0.05, 0.1) is 20.6 Å². The predicted molar refractivity (Wildman–Crippen MR) is 108 cm³/mol. The zero-order chi connectivity index (χ0) is 19.2. The molecular weight excluding hydrogens is 364 g/mol. The van der Waals surface area contributed by atoms with Crippen LogP contribution in [0.25, 0.3) is 0 Å². The summed E-state index contributed by atoms with van der Waals surface area (Å²) < 4.78 is 10.5. The van der Waals surface area contributed by atoms with E-state index in [9.17, 15) is 4.79 Å². The molecule has 1 fully saturated rings. The van der Waals surface area contributed by atoms with Gasteiger partial charge in [0.15, 0.2) is 11.5 Å². The van der Waals surface area contributed by atoms with Gasteiger partial charge < -0.3 is 19.7 Å². The maximum atomic E-state index is 12.3. The lowest BCUT2D eigenvalue weighted by Gasteiger charge is -2.19. The predicted octanol–water partition coefficient (Wildman–Crippen LogP) is 3.54. The van der Waals surface area contributed by atoms with E-state index in [1.165, 1.54) is 5.69 Å². The van der Waals surface area contributed by atoms with Crippen LogP contribution in [-0.4, -0.2) is 39.8 Å². The molecule has 1 atom stereocenters. The van der Waals surface area contributed by atoms with E-state index in [1.807, 2.05) is 42.5 Å². The van der Waals surface area contributed by atoms with Gasteiger partial charge in [-0.05, 0) is 54.3 Å². The zero-order valence-electron chi connectivity index (χ0n) is 15.7. The van der Waals surface area contributed by atoms with Crippen molar-refractivity contribution in [1.29, 1.82) is 0 Å². The monoisotopic (exact) mass is 388 g/mol. The number of anilines is 1. The Labute approximate surface area is 165 Å². The van der Waals surface area contributed by atoms with E-state index in [0.29, 0.717) is 30.4 Å². The van der Waals surface area contributed by atoms with Gasteiger partial charge in [-0.2, -0.15) is 0 Å². The molecule has 0 aromatic heterocycles. The van der Waals surface area contributed by atoms with Crippen LogP contribution in [0.5, 0.6) is 11.5 Å². The van der Waals surface area contributed by atoms with Crippen LogP contribution in [0, 0.1) is 5.92 Å². The first kappa shape index (κ1) is 19.4. The third kappa shape index (κ3) is 5.07. The van der Waals surface area contributed by atoms with Crippen LogP contribution in [0.2, 0.25) is 5.02 Å². The number of rotatable bonds is 7. The number of carbonyl (C=O) groups is 1. The first-order valence-electron chi connectivity index (χ1n) is 9.07. The highest BCUT2D eigenvalue weighted by Crippen LogP contribution is 2.28. The minimum Gasteiger partial charge on any atom is -0.493 e. The highest BCUT2D eigenvalue weighted by atomic mass is 35.5. The number of methoxy groups -OCH3 is 2. The topological polar surface area (TPSA) is 50.8 Å². The normalized spacial score (nSPS) is 16.3. The summed E-state index contributed by atoms with van der Waals surface area (Å²) in [5.74, 6) is 1.77. The van der Waals surface area contributed by atoms with Gasteiger partial charge in [0.2, 0.25) is 5.91 Å². The Balaban J connectivity index is 1.48. The molecule has 1 amide bonds. The van der Waals surface area contributed by atoms with Crippen LogP contribution in [0.15, 0.2) is 42.5 Å². The van der Waals surface area contributed by atoms with Crippen molar-refractivity contribution >= 4 is 23.2 Å². The second kappa shape index (κ2) is 9.00. The molecular formula is C21H25ClN2O3. The fourth-order valence-electron chi connectivity index (χ4n) is 3.38.